The molecule has 1 fully saturated rings. The van der Waals surface area contributed by atoms with E-state index in [1.165, 1.54) is 43.5 Å². The number of carbonyl (C=O) groups is 2. The van der Waals surface area contributed by atoms with Crippen LogP contribution in [-0.4, -0.2) is 53.0 Å². The number of piperidine rings is 1. The number of nitrogens with zero attached hydrogens (tertiary/aromatic N) is 2. The highest BCUT2D eigenvalue weighted by atomic mass is 19.1. The third-order valence-corrected chi connectivity index (χ3v) is 5.64. The molecule has 4 rings (SSSR count). The van der Waals surface area contributed by atoms with Gasteiger partial charge >= 0.3 is 0 Å². The summed E-state index contributed by atoms with van der Waals surface area (Å²) in [4.78, 5) is 31.1. The number of ether oxygens (including phenoxy) is 2. The first-order valence-electron chi connectivity index (χ1n) is 10.9. The highest BCUT2D eigenvalue weighted by Gasteiger charge is 2.27. The highest BCUT2D eigenvalue weighted by molar-refractivity contribution is 5.97. The summed E-state index contributed by atoms with van der Waals surface area (Å²) >= 11 is 0. The van der Waals surface area contributed by atoms with Crippen LogP contribution >= 0.6 is 0 Å². The standard InChI is InChI=1S/C25H23F2N3O5/c1-34-19-6-7-20(22(31)13-19)25(33)30-10-8-17(9-11-30)29-23(32)21-12-16(27)14-28-24(21)35-18-4-2-15(26)3-5-18/h2-7,12-14,17,31H,8-11H2,1H3,(H,29,32). The fourth-order valence-corrected chi connectivity index (χ4v) is 3.76. The van der Waals surface area contributed by atoms with Crippen molar-refractivity contribution in [1.29, 1.82) is 0 Å². The molecule has 0 atom stereocenters. The molecule has 0 aliphatic carbocycles. The quantitative estimate of drug-likeness (QED) is 0.552. The van der Waals surface area contributed by atoms with Crippen LogP contribution in [0.25, 0.3) is 0 Å². The average molecular weight is 483 g/mol. The van der Waals surface area contributed by atoms with Crippen molar-refractivity contribution >= 4 is 11.8 Å². The van der Waals surface area contributed by atoms with E-state index in [0.717, 1.165) is 12.3 Å². The largest absolute Gasteiger partial charge is 0.507 e. The number of methoxy groups -OCH3 is 1. The number of aromatic nitrogens is 1. The Hall–Kier alpha value is -4.21. The summed E-state index contributed by atoms with van der Waals surface area (Å²) < 4.78 is 37.6. The van der Waals surface area contributed by atoms with Gasteiger partial charge in [-0.15, -0.1) is 0 Å². The molecule has 2 aromatic carbocycles. The Labute approximate surface area is 200 Å². The van der Waals surface area contributed by atoms with Crippen LogP contribution in [0.3, 0.4) is 0 Å². The first kappa shape index (κ1) is 23.9. The molecule has 10 heteroatoms. The molecule has 35 heavy (non-hydrogen) atoms. The molecule has 1 aliphatic heterocycles. The van der Waals surface area contributed by atoms with Crippen LogP contribution in [0.5, 0.6) is 23.1 Å². The van der Waals surface area contributed by atoms with Gasteiger partial charge in [0.1, 0.15) is 34.4 Å². The summed E-state index contributed by atoms with van der Waals surface area (Å²) in [5.41, 5.74) is 0.0673. The van der Waals surface area contributed by atoms with Gasteiger partial charge in [0, 0.05) is 25.2 Å². The maximum absolute atomic E-state index is 13.8. The van der Waals surface area contributed by atoms with Gasteiger partial charge in [-0.2, -0.15) is 0 Å². The molecule has 2 N–H and O–H groups in total. The van der Waals surface area contributed by atoms with Crippen LogP contribution in [-0.2, 0) is 0 Å². The fraction of sp³-hybridized carbons (Fsp3) is 0.240. The first-order chi connectivity index (χ1) is 16.8. The molecular formula is C25H23F2N3O5. The van der Waals surface area contributed by atoms with Gasteiger partial charge in [0.15, 0.2) is 0 Å². The Bertz CT molecular complexity index is 1230. The van der Waals surface area contributed by atoms with Crippen molar-refractivity contribution in [3.63, 3.8) is 0 Å². The Kier molecular flexibility index (Phi) is 7.09. The number of phenolic OH excluding ortho intramolecular Hbond substituents is 1. The molecule has 1 saturated heterocycles. The van der Waals surface area contributed by atoms with Gasteiger partial charge in [0.05, 0.1) is 18.9 Å². The van der Waals surface area contributed by atoms with Gasteiger partial charge < -0.3 is 24.8 Å². The van der Waals surface area contributed by atoms with E-state index in [9.17, 15) is 23.5 Å². The minimum absolute atomic E-state index is 0.101. The SMILES string of the molecule is COc1ccc(C(=O)N2CCC(NC(=O)c3cc(F)cnc3Oc3ccc(F)cc3)CC2)c(O)c1. The Morgan fingerprint density at radius 1 is 1.00 bits per heavy atom. The maximum Gasteiger partial charge on any atom is 0.257 e. The third kappa shape index (κ3) is 5.65. The molecule has 0 bridgehead atoms. The van der Waals surface area contributed by atoms with Crippen molar-refractivity contribution in [2.24, 2.45) is 0 Å². The van der Waals surface area contributed by atoms with Crippen LogP contribution in [0.15, 0.2) is 54.7 Å². The third-order valence-electron chi connectivity index (χ3n) is 5.64. The number of benzene rings is 2. The number of phenols is 1. The summed E-state index contributed by atoms with van der Waals surface area (Å²) in [7, 11) is 1.47. The second-order valence-electron chi connectivity index (χ2n) is 7.99. The van der Waals surface area contributed by atoms with Gasteiger partial charge in [-0.3, -0.25) is 9.59 Å². The lowest BCUT2D eigenvalue weighted by molar-refractivity contribution is 0.0695. The van der Waals surface area contributed by atoms with Crippen LogP contribution in [0, 0.1) is 11.6 Å². The molecular weight excluding hydrogens is 460 g/mol. The van der Waals surface area contributed by atoms with E-state index in [0.29, 0.717) is 31.7 Å². The number of halogens is 2. The van der Waals surface area contributed by atoms with Crippen molar-refractivity contribution in [3.8, 4) is 23.1 Å². The molecule has 0 saturated carbocycles. The second kappa shape index (κ2) is 10.4. The van der Waals surface area contributed by atoms with Gasteiger partial charge in [0.25, 0.3) is 11.8 Å². The number of likely N-dealkylation sites (tertiary alicyclic amines) is 1. The topological polar surface area (TPSA) is 101 Å². The van der Waals surface area contributed by atoms with E-state index in [1.54, 1.807) is 11.0 Å². The highest BCUT2D eigenvalue weighted by Crippen LogP contribution is 2.27. The minimum Gasteiger partial charge on any atom is -0.507 e. The second-order valence-corrected chi connectivity index (χ2v) is 7.99. The van der Waals surface area contributed by atoms with Crippen LogP contribution in [0.4, 0.5) is 8.78 Å². The van der Waals surface area contributed by atoms with Crippen molar-refractivity contribution in [3.05, 3.63) is 77.5 Å². The lowest BCUT2D eigenvalue weighted by Gasteiger charge is -2.32. The first-order valence-corrected chi connectivity index (χ1v) is 10.9. The van der Waals surface area contributed by atoms with Gasteiger partial charge in [-0.05, 0) is 55.3 Å². The molecule has 8 nitrogen and oxygen atoms in total. The van der Waals surface area contributed by atoms with Crippen LogP contribution in [0.1, 0.15) is 33.6 Å². The zero-order valence-corrected chi connectivity index (χ0v) is 18.8. The van der Waals surface area contributed by atoms with Crippen molar-refractivity contribution in [1.82, 2.24) is 15.2 Å². The van der Waals surface area contributed by atoms with Crippen molar-refractivity contribution in [2.75, 3.05) is 20.2 Å². The summed E-state index contributed by atoms with van der Waals surface area (Å²) in [5.74, 6) is -1.65. The normalized spacial score (nSPS) is 13.9. The van der Waals surface area contributed by atoms with Crippen LogP contribution in [0.2, 0.25) is 0 Å². The number of amides is 2. The smallest absolute Gasteiger partial charge is 0.257 e. The monoisotopic (exact) mass is 483 g/mol. The molecule has 182 valence electrons. The van der Waals surface area contributed by atoms with E-state index in [4.69, 9.17) is 9.47 Å². The van der Waals surface area contributed by atoms with E-state index in [1.807, 2.05) is 0 Å². The predicted molar refractivity (Wildman–Crippen MR) is 122 cm³/mol. The molecule has 2 amide bonds. The number of rotatable bonds is 6. The Balaban J connectivity index is 1.39. The van der Waals surface area contributed by atoms with E-state index < -0.39 is 17.5 Å². The number of pyridine rings is 1. The Morgan fingerprint density at radius 2 is 1.69 bits per heavy atom. The van der Waals surface area contributed by atoms with E-state index in [2.05, 4.69) is 10.3 Å². The number of hydrogen-bond donors (Lipinski definition) is 2. The predicted octanol–water partition coefficient (Wildman–Crippen LogP) is 3.90. The molecule has 3 aromatic rings. The minimum atomic E-state index is -0.707. The van der Waals surface area contributed by atoms with E-state index >= 15 is 0 Å². The molecule has 0 radical (unpaired) electrons. The fourth-order valence-electron chi connectivity index (χ4n) is 3.76. The maximum atomic E-state index is 13.8. The van der Waals surface area contributed by atoms with Gasteiger partial charge in [-0.1, -0.05) is 0 Å². The zero-order valence-electron chi connectivity index (χ0n) is 18.8. The molecule has 0 unspecified atom stereocenters. The van der Waals surface area contributed by atoms with E-state index in [-0.39, 0.29) is 40.5 Å². The van der Waals surface area contributed by atoms with Gasteiger partial charge in [-0.25, -0.2) is 13.8 Å². The molecule has 1 aliphatic rings. The summed E-state index contributed by atoms with van der Waals surface area (Å²) in [6.07, 6.45) is 1.85. The summed E-state index contributed by atoms with van der Waals surface area (Å²) in [6, 6.07) is 10.4. The lowest BCUT2D eigenvalue weighted by atomic mass is 10.0. The molecule has 2 heterocycles. The Morgan fingerprint density at radius 3 is 2.34 bits per heavy atom. The average Bonchev–Trinajstić information content (AvgIpc) is 2.86. The number of aromatic hydroxyl groups is 1. The molecule has 0 spiro atoms. The number of hydrogen-bond acceptors (Lipinski definition) is 6. The summed E-state index contributed by atoms with van der Waals surface area (Å²) in [6.45, 7) is 0.713. The zero-order chi connectivity index (χ0) is 24.9. The lowest BCUT2D eigenvalue weighted by Crippen LogP contribution is -2.46. The number of carbonyl (C=O) groups excluding carboxylic acids is 2. The van der Waals surface area contributed by atoms with Crippen LogP contribution < -0.4 is 14.8 Å². The van der Waals surface area contributed by atoms with Gasteiger partial charge in [0.2, 0.25) is 5.88 Å². The van der Waals surface area contributed by atoms with Crippen molar-refractivity contribution < 1.29 is 33.0 Å². The summed E-state index contributed by atoms with van der Waals surface area (Å²) in [5, 5.41) is 13.0. The molecule has 1 aromatic heterocycles. The number of nitrogens with one attached hydrogen (secondary N) is 1. The van der Waals surface area contributed by atoms with Crippen molar-refractivity contribution in [2.45, 2.75) is 18.9 Å².